The predicted molar refractivity (Wildman–Crippen MR) is 119 cm³/mol. The van der Waals surface area contributed by atoms with Crippen LogP contribution < -0.4 is 27.2 Å². The minimum atomic E-state index is -0.536. The molecule has 0 atom stereocenters. The van der Waals surface area contributed by atoms with Crippen molar-refractivity contribution < 1.29 is 0 Å². The first kappa shape index (κ1) is 21.7. The zero-order valence-corrected chi connectivity index (χ0v) is 17.3. The number of anilines is 2. The van der Waals surface area contributed by atoms with Gasteiger partial charge in [-0.05, 0) is 30.6 Å². The maximum Gasteiger partial charge on any atom is 0.330 e. The average molecular weight is 404 g/mol. The van der Waals surface area contributed by atoms with Crippen LogP contribution in [0.5, 0.6) is 0 Å². The molecular weight excluding hydrogens is 374 g/mol. The van der Waals surface area contributed by atoms with Gasteiger partial charge in [0.2, 0.25) is 0 Å². The number of nitrogens with two attached hydrogens (primary N) is 1. The first-order valence-electron chi connectivity index (χ1n) is 9.71. The highest BCUT2D eigenvalue weighted by Gasteiger charge is 2.22. The molecule has 0 spiro atoms. The van der Waals surface area contributed by atoms with Crippen LogP contribution in [0.1, 0.15) is 45.1 Å². The molecule has 0 aliphatic heterocycles. The lowest BCUT2D eigenvalue weighted by Gasteiger charge is -2.27. The van der Waals surface area contributed by atoms with Crippen molar-refractivity contribution in [2.75, 3.05) is 17.2 Å². The van der Waals surface area contributed by atoms with Gasteiger partial charge in [0.1, 0.15) is 5.82 Å². The van der Waals surface area contributed by atoms with Gasteiger partial charge in [0.15, 0.2) is 10.8 Å². The number of nitrogens with one attached hydrogen (secondary N) is 2. The van der Waals surface area contributed by atoms with Crippen molar-refractivity contribution in [3.8, 4) is 0 Å². The smallest absolute Gasteiger partial charge is 0.330 e. The summed E-state index contributed by atoms with van der Waals surface area (Å²) in [6, 6.07) is 9.70. The highest BCUT2D eigenvalue weighted by molar-refractivity contribution is 7.80. The van der Waals surface area contributed by atoms with E-state index in [4.69, 9.17) is 18.0 Å². The highest BCUT2D eigenvalue weighted by Crippen LogP contribution is 2.20. The number of aromatic nitrogens is 2. The third-order valence-corrected chi connectivity index (χ3v) is 4.82. The van der Waals surface area contributed by atoms with Crippen LogP contribution in [0.2, 0.25) is 0 Å². The van der Waals surface area contributed by atoms with Crippen molar-refractivity contribution in [3.05, 3.63) is 56.7 Å². The maximum absolute atomic E-state index is 12.7. The Morgan fingerprint density at radius 1 is 1.18 bits per heavy atom. The van der Waals surface area contributed by atoms with E-state index in [9.17, 15) is 9.59 Å². The zero-order chi connectivity index (χ0) is 20.5. The zero-order valence-electron chi connectivity index (χ0n) is 16.5. The van der Waals surface area contributed by atoms with Gasteiger partial charge in [-0.2, -0.15) is 0 Å². The fourth-order valence-electron chi connectivity index (χ4n) is 2.86. The lowest BCUT2D eigenvalue weighted by atomic mass is 10.2. The molecule has 7 nitrogen and oxygen atoms in total. The number of hydrogen-bond acceptors (Lipinski definition) is 4. The van der Waals surface area contributed by atoms with Gasteiger partial charge in [0, 0.05) is 13.1 Å². The third-order valence-electron chi connectivity index (χ3n) is 4.45. The van der Waals surface area contributed by atoms with Gasteiger partial charge in [-0.1, -0.05) is 57.0 Å². The van der Waals surface area contributed by atoms with Gasteiger partial charge in [0.25, 0.3) is 5.56 Å². The number of H-pyrrole nitrogens is 1. The first-order valence-corrected chi connectivity index (χ1v) is 10.1. The van der Waals surface area contributed by atoms with Crippen LogP contribution in [0.25, 0.3) is 0 Å². The van der Waals surface area contributed by atoms with Crippen molar-refractivity contribution in [1.82, 2.24) is 14.9 Å². The van der Waals surface area contributed by atoms with Gasteiger partial charge in [-0.15, -0.1) is 0 Å². The van der Waals surface area contributed by atoms with Crippen LogP contribution in [0, 0.1) is 0 Å². The maximum atomic E-state index is 12.7. The third kappa shape index (κ3) is 5.45. The van der Waals surface area contributed by atoms with Crippen LogP contribution in [0.4, 0.5) is 11.5 Å². The van der Waals surface area contributed by atoms with E-state index in [1.54, 1.807) is 4.90 Å². The van der Waals surface area contributed by atoms with E-state index >= 15 is 0 Å². The largest absolute Gasteiger partial charge is 0.383 e. The van der Waals surface area contributed by atoms with Crippen LogP contribution in [0.3, 0.4) is 0 Å². The van der Waals surface area contributed by atoms with Crippen molar-refractivity contribution >= 4 is 28.8 Å². The molecule has 28 heavy (non-hydrogen) atoms. The number of nitrogens with zero attached hydrogens (tertiary/aromatic N) is 2. The number of benzene rings is 1. The van der Waals surface area contributed by atoms with Crippen molar-refractivity contribution in [2.24, 2.45) is 0 Å². The summed E-state index contributed by atoms with van der Waals surface area (Å²) in [6.45, 7) is 5.65. The molecule has 0 amide bonds. The van der Waals surface area contributed by atoms with Crippen LogP contribution in [0.15, 0.2) is 39.9 Å². The molecule has 0 radical (unpaired) electrons. The number of thiocarbonyl (C=S) groups is 1. The monoisotopic (exact) mass is 403 g/mol. The Bertz CT molecular complexity index is 892. The van der Waals surface area contributed by atoms with Gasteiger partial charge in [-0.25, -0.2) is 4.79 Å². The predicted octanol–water partition coefficient (Wildman–Crippen LogP) is 2.60. The Morgan fingerprint density at radius 3 is 2.50 bits per heavy atom. The van der Waals surface area contributed by atoms with Crippen LogP contribution in [-0.2, 0) is 13.1 Å². The molecule has 0 bridgehead atoms. The summed E-state index contributed by atoms with van der Waals surface area (Å²) in [4.78, 5) is 29.0. The summed E-state index contributed by atoms with van der Waals surface area (Å²) in [5, 5.41) is 3.61. The molecule has 0 saturated heterocycles. The van der Waals surface area contributed by atoms with E-state index in [2.05, 4.69) is 17.2 Å². The minimum Gasteiger partial charge on any atom is -0.383 e. The number of hydrogen-bond donors (Lipinski definition) is 3. The summed E-state index contributed by atoms with van der Waals surface area (Å²) in [5.74, 6) is 0.137. The molecule has 1 heterocycles. The summed E-state index contributed by atoms with van der Waals surface area (Å²) in [5.41, 5.74) is 6.44. The molecule has 0 aliphatic carbocycles. The van der Waals surface area contributed by atoms with E-state index in [1.807, 2.05) is 37.3 Å². The molecule has 152 valence electrons. The summed E-state index contributed by atoms with van der Waals surface area (Å²) >= 11 is 5.57. The Hall–Kier alpha value is -2.61. The topological polar surface area (TPSA) is 96.2 Å². The molecule has 0 fully saturated rings. The molecule has 0 aliphatic rings. The van der Waals surface area contributed by atoms with E-state index in [0.717, 1.165) is 31.2 Å². The van der Waals surface area contributed by atoms with E-state index in [0.29, 0.717) is 24.7 Å². The van der Waals surface area contributed by atoms with Gasteiger partial charge in [0.05, 0.1) is 6.54 Å². The number of aromatic amines is 1. The molecular formula is C20H29N5O2S. The highest BCUT2D eigenvalue weighted by atomic mass is 32.1. The van der Waals surface area contributed by atoms with Gasteiger partial charge in [-0.3, -0.25) is 14.3 Å². The Morgan fingerprint density at radius 2 is 1.86 bits per heavy atom. The van der Waals surface area contributed by atoms with Crippen molar-refractivity contribution in [1.29, 1.82) is 0 Å². The number of nitrogen functional groups attached to an aromatic ring is 1. The van der Waals surface area contributed by atoms with Crippen molar-refractivity contribution in [3.63, 3.8) is 0 Å². The Kier molecular flexibility index (Phi) is 8.25. The SMILES string of the molecule is CCCCNC(=S)N(Cc1ccccc1)c1c(N)n(CCCC)c(=O)[nH]c1=O. The van der Waals surface area contributed by atoms with Crippen LogP contribution >= 0.6 is 12.2 Å². The molecule has 4 N–H and O–H groups in total. The summed E-state index contributed by atoms with van der Waals surface area (Å²) < 4.78 is 1.41. The lowest BCUT2D eigenvalue weighted by Crippen LogP contribution is -2.45. The standard InChI is InChI=1S/C20H29N5O2S/c1-3-5-12-22-20(28)25(14-15-10-8-7-9-11-15)16-17(21)24(13-6-4-2)19(27)23-18(16)26/h7-11H,3-6,12-14,21H2,1-2H3,(H,22,28)(H,23,26,27). The van der Waals surface area contributed by atoms with Gasteiger partial charge >= 0.3 is 5.69 Å². The van der Waals surface area contributed by atoms with E-state index < -0.39 is 11.2 Å². The lowest BCUT2D eigenvalue weighted by molar-refractivity contribution is 0.604. The second-order valence-electron chi connectivity index (χ2n) is 6.66. The van der Waals surface area contributed by atoms with Crippen LogP contribution in [-0.4, -0.2) is 21.2 Å². The molecule has 8 heteroatoms. The van der Waals surface area contributed by atoms with Crippen molar-refractivity contribution in [2.45, 2.75) is 52.6 Å². The Labute approximate surface area is 170 Å². The quantitative estimate of drug-likeness (QED) is 0.440. The summed E-state index contributed by atoms with van der Waals surface area (Å²) in [6.07, 6.45) is 3.68. The number of rotatable bonds is 9. The van der Waals surface area contributed by atoms with E-state index in [-0.39, 0.29) is 11.5 Å². The molecule has 0 unspecified atom stereocenters. The number of unbranched alkanes of at least 4 members (excludes halogenated alkanes) is 2. The fourth-order valence-corrected chi connectivity index (χ4v) is 3.12. The normalized spacial score (nSPS) is 10.6. The minimum absolute atomic E-state index is 0.137. The first-order chi connectivity index (χ1) is 13.5. The second-order valence-corrected chi connectivity index (χ2v) is 7.04. The van der Waals surface area contributed by atoms with Gasteiger partial charge < -0.3 is 16.0 Å². The van der Waals surface area contributed by atoms with E-state index in [1.165, 1.54) is 4.57 Å². The molecule has 2 aromatic rings. The second kappa shape index (κ2) is 10.7. The Balaban J connectivity index is 2.48. The molecule has 1 aromatic carbocycles. The molecule has 0 saturated carbocycles. The summed E-state index contributed by atoms with van der Waals surface area (Å²) in [7, 11) is 0. The molecule has 1 aromatic heterocycles. The average Bonchev–Trinajstić information content (AvgIpc) is 2.67. The fraction of sp³-hybridized carbons (Fsp3) is 0.450. The molecule has 2 rings (SSSR count).